The molecule has 34 heavy (non-hydrogen) atoms. The number of halogens is 2. The van der Waals surface area contributed by atoms with Crippen molar-refractivity contribution in [2.45, 2.75) is 6.92 Å². The van der Waals surface area contributed by atoms with Crippen molar-refractivity contribution < 1.29 is 18.3 Å². The Morgan fingerprint density at radius 2 is 1.74 bits per heavy atom. The third kappa shape index (κ3) is 4.66. The first-order chi connectivity index (χ1) is 16.4. The third-order valence-electron chi connectivity index (χ3n) is 4.83. The lowest BCUT2D eigenvalue weighted by Crippen LogP contribution is -2.20. The summed E-state index contributed by atoms with van der Waals surface area (Å²) in [4.78, 5) is 30.3. The summed E-state index contributed by atoms with van der Waals surface area (Å²) in [5.74, 6) is -1.72. The van der Waals surface area contributed by atoms with Crippen LogP contribution in [0.25, 0.3) is 11.7 Å². The molecule has 0 aliphatic heterocycles. The fourth-order valence-corrected chi connectivity index (χ4v) is 3.13. The fourth-order valence-electron chi connectivity index (χ4n) is 3.13. The van der Waals surface area contributed by atoms with E-state index in [9.17, 15) is 23.6 Å². The van der Waals surface area contributed by atoms with Crippen LogP contribution in [0.2, 0.25) is 0 Å². The lowest BCUT2D eigenvalue weighted by Gasteiger charge is -2.11. The van der Waals surface area contributed by atoms with E-state index in [0.717, 1.165) is 18.2 Å². The topological polar surface area (TPSA) is 96.5 Å². The number of nitrogens with zero attached hydrogens (tertiary/aromatic N) is 3. The second-order valence-electron chi connectivity index (χ2n) is 7.21. The standard InChI is InChI=1S/C25H16F2N4O3/c1-15-3-2-12-31-22(15)30-24(34-20-10-6-18(27)7-11-20)21(25(31)33)13-16(14-28)23(32)29-19-8-4-17(26)5-9-19/h2-13H,1H3,(H,29,32)/b16-13-. The second-order valence-corrected chi connectivity index (χ2v) is 7.21. The van der Waals surface area contributed by atoms with Gasteiger partial charge in [-0.3, -0.25) is 14.0 Å². The zero-order valence-corrected chi connectivity index (χ0v) is 17.8. The second kappa shape index (κ2) is 9.34. The minimum absolute atomic E-state index is 0.154. The Morgan fingerprint density at radius 1 is 1.09 bits per heavy atom. The maximum Gasteiger partial charge on any atom is 0.269 e. The molecule has 4 rings (SSSR count). The van der Waals surface area contributed by atoms with Crippen molar-refractivity contribution in [2.75, 3.05) is 5.32 Å². The van der Waals surface area contributed by atoms with Crippen LogP contribution in [0.1, 0.15) is 11.1 Å². The number of nitrogens with one attached hydrogen (secondary N) is 1. The van der Waals surface area contributed by atoms with Gasteiger partial charge in [-0.2, -0.15) is 10.2 Å². The first-order valence-corrected chi connectivity index (χ1v) is 10.00. The van der Waals surface area contributed by atoms with E-state index < -0.39 is 28.7 Å². The minimum Gasteiger partial charge on any atom is -0.438 e. The highest BCUT2D eigenvalue weighted by atomic mass is 19.1. The summed E-state index contributed by atoms with van der Waals surface area (Å²) in [6.07, 6.45) is 2.57. The molecule has 1 N–H and O–H groups in total. The molecule has 0 spiro atoms. The fraction of sp³-hybridized carbons (Fsp3) is 0.0400. The predicted octanol–water partition coefficient (Wildman–Crippen LogP) is 4.62. The molecule has 2 aromatic heterocycles. The number of nitriles is 1. The summed E-state index contributed by atoms with van der Waals surface area (Å²) in [7, 11) is 0. The number of benzene rings is 2. The van der Waals surface area contributed by atoms with Gasteiger partial charge < -0.3 is 10.1 Å². The molecule has 0 saturated carbocycles. The molecule has 168 valence electrons. The molecule has 2 aromatic carbocycles. The van der Waals surface area contributed by atoms with Crippen LogP contribution in [0.3, 0.4) is 0 Å². The number of ether oxygens (including phenoxy) is 1. The number of aryl methyl sites for hydroxylation is 1. The number of pyridine rings is 1. The molecule has 0 unspecified atom stereocenters. The number of hydrogen-bond acceptors (Lipinski definition) is 5. The van der Waals surface area contributed by atoms with Crippen molar-refractivity contribution in [3.63, 3.8) is 0 Å². The number of fused-ring (bicyclic) bond motifs is 1. The highest BCUT2D eigenvalue weighted by Gasteiger charge is 2.18. The highest BCUT2D eigenvalue weighted by molar-refractivity contribution is 6.09. The lowest BCUT2D eigenvalue weighted by molar-refractivity contribution is -0.112. The molecule has 2 heterocycles. The van der Waals surface area contributed by atoms with E-state index in [-0.39, 0.29) is 22.9 Å². The van der Waals surface area contributed by atoms with Crippen molar-refractivity contribution in [3.8, 4) is 17.7 Å². The van der Waals surface area contributed by atoms with Gasteiger partial charge >= 0.3 is 0 Å². The molecule has 0 aliphatic rings. The quantitative estimate of drug-likeness (QED) is 0.348. The van der Waals surface area contributed by atoms with E-state index in [1.807, 2.05) is 0 Å². The molecule has 0 aliphatic carbocycles. The Labute approximate surface area is 192 Å². The van der Waals surface area contributed by atoms with Gasteiger partial charge in [0, 0.05) is 11.9 Å². The number of anilines is 1. The van der Waals surface area contributed by atoms with Crippen LogP contribution in [0, 0.1) is 29.9 Å². The van der Waals surface area contributed by atoms with Gasteiger partial charge in [0.1, 0.15) is 40.2 Å². The number of amides is 1. The van der Waals surface area contributed by atoms with E-state index in [2.05, 4.69) is 10.3 Å². The molecule has 9 heteroatoms. The van der Waals surface area contributed by atoms with Crippen LogP contribution in [0.5, 0.6) is 11.6 Å². The van der Waals surface area contributed by atoms with Gasteiger partial charge in [0.05, 0.1) is 0 Å². The maximum atomic E-state index is 13.3. The predicted molar refractivity (Wildman–Crippen MR) is 121 cm³/mol. The van der Waals surface area contributed by atoms with Crippen LogP contribution in [-0.2, 0) is 4.79 Å². The summed E-state index contributed by atoms with van der Waals surface area (Å²) in [5, 5.41) is 12.1. The molecule has 1 amide bonds. The van der Waals surface area contributed by atoms with Crippen LogP contribution < -0.4 is 15.6 Å². The van der Waals surface area contributed by atoms with Crippen molar-refractivity contribution in [1.29, 1.82) is 5.26 Å². The van der Waals surface area contributed by atoms with Gasteiger partial charge in [-0.05, 0) is 73.2 Å². The van der Waals surface area contributed by atoms with Crippen LogP contribution >= 0.6 is 0 Å². The smallest absolute Gasteiger partial charge is 0.269 e. The van der Waals surface area contributed by atoms with Crippen molar-refractivity contribution in [1.82, 2.24) is 9.38 Å². The number of hydrogen-bond donors (Lipinski definition) is 1. The average Bonchev–Trinajstić information content (AvgIpc) is 2.82. The maximum absolute atomic E-state index is 13.3. The number of aromatic nitrogens is 2. The third-order valence-corrected chi connectivity index (χ3v) is 4.83. The van der Waals surface area contributed by atoms with Gasteiger partial charge in [-0.15, -0.1) is 0 Å². The number of rotatable bonds is 5. The Bertz CT molecular complexity index is 1520. The van der Waals surface area contributed by atoms with Gasteiger partial charge in [-0.25, -0.2) is 8.78 Å². The Hall–Kier alpha value is -4.84. The summed E-state index contributed by atoms with van der Waals surface area (Å²) in [5.41, 5.74) is 0.134. The van der Waals surface area contributed by atoms with Crippen molar-refractivity contribution >= 4 is 23.3 Å². The van der Waals surface area contributed by atoms with E-state index in [0.29, 0.717) is 11.2 Å². The first-order valence-electron chi connectivity index (χ1n) is 10.00. The molecule has 4 aromatic rings. The van der Waals surface area contributed by atoms with Crippen LogP contribution in [0.4, 0.5) is 14.5 Å². The zero-order chi connectivity index (χ0) is 24.2. The van der Waals surface area contributed by atoms with Crippen LogP contribution in [-0.4, -0.2) is 15.3 Å². The van der Waals surface area contributed by atoms with Gasteiger partial charge in [0.25, 0.3) is 11.5 Å². The normalized spacial score (nSPS) is 11.2. The van der Waals surface area contributed by atoms with E-state index >= 15 is 0 Å². The van der Waals surface area contributed by atoms with Crippen LogP contribution in [0.15, 0.2) is 77.2 Å². The molecule has 0 bridgehead atoms. The molecular weight excluding hydrogens is 442 g/mol. The zero-order valence-electron chi connectivity index (χ0n) is 17.8. The van der Waals surface area contributed by atoms with E-state index in [1.54, 1.807) is 25.1 Å². The number of carbonyl (C=O) groups excluding carboxylic acids is 1. The Kier molecular flexibility index (Phi) is 6.14. The number of carbonyl (C=O) groups is 1. The summed E-state index contributed by atoms with van der Waals surface area (Å²) in [6.45, 7) is 1.76. The van der Waals surface area contributed by atoms with Gasteiger partial charge in [-0.1, -0.05) is 6.07 Å². The van der Waals surface area contributed by atoms with Gasteiger partial charge in [0.2, 0.25) is 5.88 Å². The molecular formula is C25H16F2N4O3. The van der Waals surface area contributed by atoms with E-state index in [1.165, 1.54) is 47.0 Å². The van der Waals surface area contributed by atoms with Crippen molar-refractivity contribution in [2.24, 2.45) is 0 Å². The summed E-state index contributed by atoms with van der Waals surface area (Å²) >= 11 is 0. The molecule has 7 nitrogen and oxygen atoms in total. The molecule has 0 fully saturated rings. The Balaban J connectivity index is 1.82. The van der Waals surface area contributed by atoms with E-state index in [4.69, 9.17) is 4.74 Å². The summed E-state index contributed by atoms with van der Waals surface area (Å²) < 4.78 is 33.4. The Morgan fingerprint density at radius 3 is 2.38 bits per heavy atom. The summed E-state index contributed by atoms with van der Waals surface area (Å²) in [6, 6.07) is 15.2. The lowest BCUT2D eigenvalue weighted by atomic mass is 10.1. The van der Waals surface area contributed by atoms with Crippen molar-refractivity contribution in [3.05, 3.63) is 106 Å². The average molecular weight is 458 g/mol. The minimum atomic E-state index is -0.810. The van der Waals surface area contributed by atoms with Gasteiger partial charge in [0.15, 0.2) is 0 Å². The molecule has 0 atom stereocenters. The SMILES string of the molecule is Cc1cccn2c(=O)c(/C=C(/C#N)C(=O)Nc3ccc(F)cc3)c(Oc3ccc(F)cc3)nc12. The monoisotopic (exact) mass is 458 g/mol. The first kappa shape index (κ1) is 22.4. The highest BCUT2D eigenvalue weighted by Crippen LogP contribution is 2.25. The molecule has 0 saturated heterocycles. The largest absolute Gasteiger partial charge is 0.438 e. The molecule has 0 radical (unpaired) electrons.